The lowest BCUT2D eigenvalue weighted by Gasteiger charge is -2.07. The van der Waals surface area contributed by atoms with Crippen molar-refractivity contribution in [1.82, 2.24) is 4.98 Å². The predicted octanol–water partition coefficient (Wildman–Crippen LogP) is 2.89. The number of aryl methyl sites for hydroxylation is 2. The van der Waals surface area contributed by atoms with E-state index in [9.17, 15) is 9.59 Å². The van der Waals surface area contributed by atoms with Crippen molar-refractivity contribution >= 4 is 28.9 Å². The Morgan fingerprint density at radius 3 is 2.71 bits per heavy atom. The van der Waals surface area contributed by atoms with E-state index in [0.29, 0.717) is 11.3 Å². The molecule has 0 unspecified atom stereocenters. The predicted molar refractivity (Wildman–Crippen MR) is 82.0 cm³/mol. The average molecular weight is 304 g/mol. The van der Waals surface area contributed by atoms with Gasteiger partial charge >= 0.3 is 5.97 Å². The Balaban J connectivity index is 2.02. The molecule has 2 rings (SSSR count). The minimum absolute atomic E-state index is 0.162. The third-order valence-corrected chi connectivity index (χ3v) is 4.03. The van der Waals surface area contributed by atoms with E-state index in [-0.39, 0.29) is 17.9 Å². The molecule has 0 fully saturated rings. The van der Waals surface area contributed by atoms with Crippen LogP contribution in [0.5, 0.6) is 0 Å². The Morgan fingerprint density at radius 1 is 1.38 bits per heavy atom. The summed E-state index contributed by atoms with van der Waals surface area (Å²) < 4.78 is 0. The van der Waals surface area contributed by atoms with E-state index in [1.54, 1.807) is 30.4 Å². The number of hydrogen-bond donors (Lipinski definition) is 2. The lowest BCUT2D eigenvalue weighted by atomic mass is 10.1. The van der Waals surface area contributed by atoms with Crippen molar-refractivity contribution in [1.29, 1.82) is 0 Å². The molecular weight excluding hydrogens is 288 g/mol. The zero-order chi connectivity index (χ0) is 15.4. The summed E-state index contributed by atoms with van der Waals surface area (Å²) >= 11 is 1.55. The van der Waals surface area contributed by atoms with Crippen LogP contribution in [-0.4, -0.2) is 22.0 Å². The fourth-order valence-corrected chi connectivity index (χ4v) is 2.69. The molecule has 1 amide bonds. The van der Waals surface area contributed by atoms with Gasteiger partial charge in [-0.3, -0.25) is 4.79 Å². The molecule has 5 nitrogen and oxygen atoms in total. The minimum atomic E-state index is -0.972. The molecule has 1 heterocycles. The van der Waals surface area contributed by atoms with Crippen LogP contribution >= 0.6 is 11.3 Å². The highest BCUT2D eigenvalue weighted by atomic mass is 32.1. The second-order valence-electron chi connectivity index (χ2n) is 4.65. The molecule has 0 aliphatic heterocycles. The molecule has 0 saturated carbocycles. The molecule has 0 radical (unpaired) electrons. The molecule has 0 saturated heterocycles. The number of nitrogens with zero attached hydrogens (tertiary/aromatic N) is 1. The largest absolute Gasteiger partial charge is 0.478 e. The first-order valence-electron chi connectivity index (χ1n) is 6.56. The summed E-state index contributed by atoms with van der Waals surface area (Å²) in [4.78, 5) is 27.2. The van der Waals surface area contributed by atoms with Crippen molar-refractivity contribution < 1.29 is 14.7 Å². The summed E-state index contributed by atoms with van der Waals surface area (Å²) in [5.41, 5.74) is 2.20. The highest BCUT2D eigenvalue weighted by Gasteiger charge is 2.10. The van der Waals surface area contributed by atoms with Crippen LogP contribution in [0.25, 0.3) is 0 Å². The second-order valence-corrected chi connectivity index (χ2v) is 5.59. The molecule has 2 N–H and O–H groups in total. The van der Waals surface area contributed by atoms with Crippen LogP contribution in [0.2, 0.25) is 0 Å². The van der Waals surface area contributed by atoms with Gasteiger partial charge in [-0.2, -0.15) is 0 Å². The van der Waals surface area contributed by atoms with Crippen molar-refractivity contribution in [2.24, 2.45) is 0 Å². The summed E-state index contributed by atoms with van der Waals surface area (Å²) in [6.45, 7) is 3.72. The normalized spacial score (nSPS) is 10.4. The molecule has 0 spiro atoms. The lowest BCUT2D eigenvalue weighted by Crippen LogP contribution is -2.15. The number of amides is 1. The number of aromatic carboxylic acids is 1. The monoisotopic (exact) mass is 304 g/mol. The summed E-state index contributed by atoms with van der Waals surface area (Å²) in [5.74, 6) is -1.13. The molecule has 0 aliphatic carbocycles. The van der Waals surface area contributed by atoms with E-state index in [1.807, 2.05) is 12.3 Å². The van der Waals surface area contributed by atoms with Gasteiger partial charge in [0, 0.05) is 11.1 Å². The number of thiazole rings is 1. The molecule has 0 bridgehead atoms. The fourth-order valence-electron chi connectivity index (χ4n) is 1.94. The maximum absolute atomic E-state index is 11.9. The SMILES string of the molecule is CCc1nc(CC(=O)Nc2ccc(C(=O)O)c(C)c2)cs1. The average Bonchev–Trinajstić information content (AvgIpc) is 2.85. The number of nitrogens with one attached hydrogen (secondary N) is 1. The number of benzene rings is 1. The van der Waals surface area contributed by atoms with Crippen LogP contribution < -0.4 is 5.32 Å². The molecular formula is C15H16N2O3S. The Bertz CT molecular complexity index is 679. The summed E-state index contributed by atoms with van der Waals surface area (Å²) in [5, 5.41) is 14.6. The Morgan fingerprint density at radius 2 is 2.14 bits per heavy atom. The van der Waals surface area contributed by atoms with Gasteiger partial charge in [-0.15, -0.1) is 11.3 Å². The van der Waals surface area contributed by atoms with Gasteiger partial charge in [0.1, 0.15) is 0 Å². The van der Waals surface area contributed by atoms with Gasteiger partial charge in [0.05, 0.1) is 22.7 Å². The van der Waals surface area contributed by atoms with Crippen molar-refractivity contribution in [2.75, 3.05) is 5.32 Å². The van der Waals surface area contributed by atoms with E-state index in [1.165, 1.54) is 6.07 Å². The zero-order valence-electron chi connectivity index (χ0n) is 11.8. The van der Waals surface area contributed by atoms with Crippen LogP contribution in [0.15, 0.2) is 23.6 Å². The zero-order valence-corrected chi connectivity index (χ0v) is 12.7. The van der Waals surface area contributed by atoms with Crippen LogP contribution in [0.4, 0.5) is 5.69 Å². The minimum Gasteiger partial charge on any atom is -0.478 e. The Labute approximate surface area is 126 Å². The number of carboxylic acids is 1. The quantitative estimate of drug-likeness (QED) is 0.890. The molecule has 21 heavy (non-hydrogen) atoms. The number of carboxylic acid groups (broad SMARTS) is 1. The summed E-state index contributed by atoms with van der Waals surface area (Å²) in [6.07, 6.45) is 1.08. The highest BCUT2D eigenvalue weighted by molar-refractivity contribution is 7.09. The number of anilines is 1. The van der Waals surface area contributed by atoms with Crippen molar-refractivity contribution in [3.8, 4) is 0 Å². The first kappa shape index (κ1) is 15.2. The maximum Gasteiger partial charge on any atom is 0.335 e. The molecule has 1 aromatic carbocycles. The number of hydrogen-bond acceptors (Lipinski definition) is 4. The first-order valence-corrected chi connectivity index (χ1v) is 7.44. The van der Waals surface area contributed by atoms with Crippen molar-refractivity contribution in [2.45, 2.75) is 26.7 Å². The van der Waals surface area contributed by atoms with Gasteiger partial charge in [0.2, 0.25) is 5.91 Å². The Hall–Kier alpha value is -2.21. The molecule has 0 aliphatic rings. The van der Waals surface area contributed by atoms with Crippen molar-refractivity contribution in [3.05, 3.63) is 45.4 Å². The van der Waals surface area contributed by atoms with E-state index in [2.05, 4.69) is 10.3 Å². The van der Waals surface area contributed by atoms with E-state index in [4.69, 9.17) is 5.11 Å². The lowest BCUT2D eigenvalue weighted by molar-refractivity contribution is -0.115. The number of aromatic nitrogens is 1. The van der Waals surface area contributed by atoms with Gasteiger partial charge in [-0.05, 0) is 37.1 Å². The third kappa shape index (κ3) is 3.88. The smallest absolute Gasteiger partial charge is 0.335 e. The maximum atomic E-state index is 11.9. The van der Waals surface area contributed by atoms with Crippen LogP contribution in [-0.2, 0) is 17.6 Å². The van der Waals surface area contributed by atoms with Crippen LogP contribution in [0.3, 0.4) is 0 Å². The summed E-state index contributed by atoms with van der Waals surface area (Å²) in [7, 11) is 0. The van der Waals surface area contributed by atoms with Crippen LogP contribution in [0, 0.1) is 6.92 Å². The number of rotatable bonds is 5. The van der Waals surface area contributed by atoms with Gasteiger partial charge in [0.25, 0.3) is 0 Å². The molecule has 0 atom stereocenters. The molecule has 6 heteroatoms. The first-order chi connectivity index (χ1) is 9.99. The van der Waals surface area contributed by atoms with Gasteiger partial charge < -0.3 is 10.4 Å². The van der Waals surface area contributed by atoms with Gasteiger partial charge in [0.15, 0.2) is 0 Å². The third-order valence-electron chi connectivity index (χ3n) is 2.98. The number of carbonyl (C=O) groups excluding carboxylic acids is 1. The van der Waals surface area contributed by atoms with Gasteiger partial charge in [-0.25, -0.2) is 9.78 Å². The van der Waals surface area contributed by atoms with E-state index >= 15 is 0 Å². The Kier molecular flexibility index (Phi) is 4.70. The van der Waals surface area contributed by atoms with Crippen molar-refractivity contribution in [3.63, 3.8) is 0 Å². The molecule has 110 valence electrons. The van der Waals surface area contributed by atoms with E-state index < -0.39 is 5.97 Å². The summed E-state index contributed by atoms with van der Waals surface area (Å²) in [6, 6.07) is 4.73. The molecule has 2 aromatic rings. The highest BCUT2D eigenvalue weighted by Crippen LogP contribution is 2.16. The van der Waals surface area contributed by atoms with E-state index in [0.717, 1.165) is 17.1 Å². The number of carbonyl (C=O) groups is 2. The van der Waals surface area contributed by atoms with Gasteiger partial charge in [-0.1, -0.05) is 6.92 Å². The molecule has 1 aromatic heterocycles. The second kappa shape index (κ2) is 6.49. The standard InChI is InChI=1S/C15H16N2O3S/c1-3-14-17-11(8-21-14)7-13(18)16-10-4-5-12(15(19)20)9(2)6-10/h4-6,8H,3,7H2,1-2H3,(H,16,18)(H,19,20). The topological polar surface area (TPSA) is 79.3 Å². The van der Waals surface area contributed by atoms with Crippen LogP contribution in [0.1, 0.15) is 33.5 Å². The fraction of sp³-hybridized carbons (Fsp3) is 0.267.